The van der Waals surface area contributed by atoms with Crippen molar-refractivity contribution >= 4 is 21.7 Å². The molecule has 0 aromatic heterocycles. The van der Waals surface area contributed by atoms with Crippen molar-refractivity contribution in [3.63, 3.8) is 0 Å². The molecular weight excluding hydrogens is 359 g/mol. The van der Waals surface area contributed by atoms with Crippen LogP contribution in [0.15, 0.2) is 24.3 Å². The average Bonchev–Trinajstić information content (AvgIpc) is 2.95. The van der Waals surface area contributed by atoms with Gasteiger partial charge in [0.25, 0.3) is 0 Å². The average molecular weight is 391 g/mol. The fraction of sp³-hybridized carbons (Fsp3) is 0.684. The van der Waals surface area contributed by atoms with Crippen molar-refractivity contribution in [1.82, 2.24) is 0 Å². The molecule has 2 rings (SSSR count). The van der Waals surface area contributed by atoms with Gasteiger partial charge in [-0.3, -0.25) is 4.31 Å². The van der Waals surface area contributed by atoms with Crippen molar-refractivity contribution < 1.29 is 42.5 Å². The van der Waals surface area contributed by atoms with Crippen LogP contribution in [0.4, 0.5) is 11.4 Å². The maximum absolute atomic E-state index is 11.6. The zero-order chi connectivity index (χ0) is 18.1. The second-order valence-corrected chi connectivity index (χ2v) is 8.15. The number of hydrogen-bond acceptors (Lipinski definition) is 4. The minimum atomic E-state index is -4.51. The third-order valence-electron chi connectivity index (χ3n) is 4.82. The molecule has 1 heterocycles. The smallest absolute Gasteiger partial charge is 0.731 e. The molecule has 1 aliphatic heterocycles. The first-order chi connectivity index (χ1) is 12.0. The van der Waals surface area contributed by atoms with Crippen molar-refractivity contribution in [2.45, 2.75) is 83.7 Å². The van der Waals surface area contributed by atoms with E-state index in [1.54, 1.807) is 12.1 Å². The molecule has 0 saturated carbocycles. The number of nitrogens with zero attached hydrogens (tertiary/aromatic N) is 1. The van der Waals surface area contributed by atoms with E-state index < -0.39 is 16.5 Å². The molecule has 0 fully saturated rings. The molecule has 1 aromatic rings. The van der Waals surface area contributed by atoms with E-state index >= 15 is 0 Å². The maximum Gasteiger partial charge on any atom is 1.00 e. The summed E-state index contributed by atoms with van der Waals surface area (Å²) in [6.45, 7) is 2.23. The summed E-state index contributed by atoms with van der Waals surface area (Å²) in [6, 6.07) is 7.08. The Morgan fingerprint density at radius 2 is 1.50 bits per heavy atom. The van der Waals surface area contributed by atoms with E-state index in [-0.39, 0.29) is 29.6 Å². The van der Waals surface area contributed by atoms with Crippen molar-refractivity contribution in [3.05, 3.63) is 24.3 Å². The minimum absolute atomic E-state index is 0. The van der Waals surface area contributed by atoms with Crippen molar-refractivity contribution in [2.75, 3.05) is 9.62 Å². The number of anilines is 2. The Kier molecular flexibility index (Phi) is 11.2. The first-order valence-electron chi connectivity index (χ1n) is 9.65. The Labute approximate surface area is 181 Å². The standard InChI is InChI=1S/C19H32N2O3S.Na/c1-2-3-4-5-6-7-8-9-10-11-16-19-20-17-14-12-13-15-18(17)21(19)25(22,23)24;/h12-15,19-20H,2-11,16H2,1H3,(H,22,23,24);/q;+1/p-1. The van der Waals surface area contributed by atoms with Gasteiger partial charge in [-0.2, -0.15) is 0 Å². The quantitative estimate of drug-likeness (QED) is 0.337. The second-order valence-electron chi connectivity index (χ2n) is 6.90. The molecule has 1 unspecified atom stereocenters. The van der Waals surface area contributed by atoms with E-state index in [1.165, 1.54) is 51.4 Å². The zero-order valence-electron chi connectivity index (χ0n) is 16.2. The summed E-state index contributed by atoms with van der Waals surface area (Å²) in [5, 5.41) is 3.17. The van der Waals surface area contributed by atoms with Crippen LogP contribution in [0.3, 0.4) is 0 Å². The number of rotatable bonds is 12. The van der Waals surface area contributed by atoms with Gasteiger partial charge in [-0.25, -0.2) is 8.42 Å². The van der Waals surface area contributed by atoms with E-state index in [4.69, 9.17) is 0 Å². The summed E-state index contributed by atoms with van der Waals surface area (Å²) in [5.41, 5.74) is 1.19. The van der Waals surface area contributed by atoms with Gasteiger partial charge < -0.3 is 9.87 Å². The molecule has 1 N–H and O–H groups in total. The van der Waals surface area contributed by atoms with Crippen molar-refractivity contribution in [2.24, 2.45) is 0 Å². The summed E-state index contributed by atoms with van der Waals surface area (Å²) in [7, 11) is -4.51. The molecule has 5 nitrogen and oxygen atoms in total. The van der Waals surface area contributed by atoms with E-state index in [2.05, 4.69) is 12.2 Å². The molecule has 0 aliphatic carbocycles. The molecule has 26 heavy (non-hydrogen) atoms. The fourth-order valence-corrected chi connectivity index (χ4v) is 4.35. The molecular formula is C19H31N2NaO3S. The SMILES string of the molecule is CCCCCCCCCCCCC1Nc2ccccc2N1S(=O)(=O)[O-].[Na+]. The molecule has 1 aliphatic rings. The monoisotopic (exact) mass is 390 g/mol. The van der Waals surface area contributed by atoms with Gasteiger partial charge in [0, 0.05) is 0 Å². The van der Waals surface area contributed by atoms with Crippen molar-refractivity contribution in [1.29, 1.82) is 0 Å². The molecule has 0 saturated heterocycles. The van der Waals surface area contributed by atoms with Gasteiger partial charge in [0.15, 0.2) is 10.3 Å². The predicted molar refractivity (Wildman–Crippen MR) is 102 cm³/mol. The number of hydrogen-bond donors (Lipinski definition) is 1. The van der Waals surface area contributed by atoms with Crippen LogP contribution in [0.2, 0.25) is 0 Å². The van der Waals surface area contributed by atoms with Gasteiger partial charge in [-0.1, -0.05) is 76.8 Å². The third-order valence-corrected chi connectivity index (χ3v) is 5.75. The first-order valence-corrected chi connectivity index (χ1v) is 11.0. The van der Waals surface area contributed by atoms with Crippen molar-refractivity contribution in [3.8, 4) is 0 Å². The normalized spacial score (nSPS) is 16.1. The summed E-state index contributed by atoms with van der Waals surface area (Å²) in [5.74, 6) is 0. The van der Waals surface area contributed by atoms with Crippen LogP contribution in [-0.2, 0) is 10.3 Å². The number of nitrogens with one attached hydrogen (secondary N) is 1. The van der Waals surface area contributed by atoms with Crippen LogP contribution >= 0.6 is 0 Å². The first kappa shape index (κ1) is 23.8. The van der Waals surface area contributed by atoms with E-state index in [1.807, 2.05) is 12.1 Å². The molecule has 0 amide bonds. The van der Waals surface area contributed by atoms with Gasteiger partial charge in [0.2, 0.25) is 0 Å². The van der Waals surface area contributed by atoms with Crippen LogP contribution in [0, 0.1) is 0 Å². The van der Waals surface area contributed by atoms with Gasteiger partial charge in [-0.05, 0) is 25.0 Å². The molecule has 1 atom stereocenters. The number of para-hydroxylation sites is 2. The third kappa shape index (κ3) is 7.39. The summed E-state index contributed by atoms with van der Waals surface area (Å²) in [4.78, 5) is 0. The van der Waals surface area contributed by atoms with Crippen LogP contribution in [0.25, 0.3) is 0 Å². The van der Waals surface area contributed by atoms with Gasteiger partial charge in [0.05, 0.1) is 11.4 Å². The van der Waals surface area contributed by atoms with Crippen LogP contribution in [0.1, 0.15) is 77.6 Å². The molecule has 0 spiro atoms. The molecule has 7 heteroatoms. The van der Waals surface area contributed by atoms with Gasteiger partial charge in [0.1, 0.15) is 6.17 Å². The fourth-order valence-electron chi connectivity index (χ4n) is 3.48. The minimum Gasteiger partial charge on any atom is -0.731 e. The van der Waals surface area contributed by atoms with E-state index in [9.17, 15) is 13.0 Å². The van der Waals surface area contributed by atoms with E-state index in [0.717, 1.165) is 22.8 Å². The predicted octanol–water partition coefficient (Wildman–Crippen LogP) is 2.02. The molecule has 0 radical (unpaired) electrons. The molecule has 0 bridgehead atoms. The Balaban J connectivity index is 0.00000338. The number of benzene rings is 1. The Morgan fingerprint density at radius 3 is 2.08 bits per heavy atom. The van der Waals surface area contributed by atoms with Crippen LogP contribution in [-0.4, -0.2) is 19.1 Å². The van der Waals surface area contributed by atoms with Gasteiger partial charge >= 0.3 is 29.6 Å². The largest absolute Gasteiger partial charge is 1.00 e. The molecule has 1 aromatic carbocycles. The number of unbranched alkanes of at least 4 members (excludes halogenated alkanes) is 9. The summed E-state index contributed by atoms with van der Waals surface area (Å²) < 4.78 is 35.9. The maximum atomic E-state index is 11.6. The van der Waals surface area contributed by atoms with Crippen LogP contribution < -0.4 is 39.2 Å². The topological polar surface area (TPSA) is 72.5 Å². The number of fused-ring (bicyclic) bond motifs is 1. The van der Waals surface area contributed by atoms with E-state index in [0.29, 0.717) is 12.1 Å². The second kappa shape index (κ2) is 12.2. The summed E-state index contributed by atoms with van der Waals surface area (Å²) in [6.07, 6.45) is 12.6. The van der Waals surface area contributed by atoms with Crippen LogP contribution in [0.5, 0.6) is 0 Å². The summed E-state index contributed by atoms with van der Waals surface area (Å²) >= 11 is 0. The van der Waals surface area contributed by atoms with Gasteiger partial charge in [-0.15, -0.1) is 0 Å². The molecule has 142 valence electrons. The Bertz CT molecular complexity index is 625. The Morgan fingerprint density at radius 1 is 0.962 bits per heavy atom. The Hall–Kier alpha value is -0.270. The zero-order valence-corrected chi connectivity index (χ0v) is 19.1.